The number of piperidine rings is 1. The van der Waals surface area contributed by atoms with Gasteiger partial charge in [0.25, 0.3) is 5.56 Å². The second-order valence-corrected chi connectivity index (χ2v) is 11.1. The van der Waals surface area contributed by atoms with Crippen LogP contribution in [0.15, 0.2) is 77.6 Å². The van der Waals surface area contributed by atoms with Crippen molar-refractivity contribution in [2.24, 2.45) is 5.92 Å². The first-order chi connectivity index (χ1) is 17.4. The molecule has 1 fully saturated rings. The lowest BCUT2D eigenvalue weighted by Gasteiger charge is -2.43. The highest BCUT2D eigenvalue weighted by Gasteiger charge is 2.36. The van der Waals surface area contributed by atoms with Gasteiger partial charge < -0.3 is 14.8 Å². The summed E-state index contributed by atoms with van der Waals surface area (Å²) in [4.78, 5) is 39.6. The third-order valence-corrected chi connectivity index (χ3v) is 8.58. The number of fused-ring (bicyclic) bond motifs is 4. The van der Waals surface area contributed by atoms with Gasteiger partial charge in [0, 0.05) is 48.6 Å². The number of nitrogens with zero attached hydrogens (tertiary/aromatic N) is 2. The largest absolute Gasteiger partial charge is 0.356 e. The van der Waals surface area contributed by atoms with Gasteiger partial charge in [-0.1, -0.05) is 60.4 Å². The van der Waals surface area contributed by atoms with Gasteiger partial charge in [0.2, 0.25) is 5.91 Å². The zero-order valence-corrected chi connectivity index (χ0v) is 21.6. The highest BCUT2D eigenvalue weighted by atomic mass is 32.2. The number of pyridine rings is 1. The van der Waals surface area contributed by atoms with Crippen LogP contribution in [0.2, 0.25) is 0 Å². The molecule has 0 spiro atoms. The molecule has 1 aromatic heterocycles. The van der Waals surface area contributed by atoms with Crippen molar-refractivity contribution in [3.8, 4) is 0 Å². The van der Waals surface area contributed by atoms with E-state index in [1.54, 1.807) is 30.3 Å². The van der Waals surface area contributed by atoms with Crippen molar-refractivity contribution in [1.82, 2.24) is 9.47 Å². The average molecular weight is 518 g/mol. The number of Topliss-reactive ketones (excluding diaryl/α,β-unsaturated/α-hetero) is 1. The number of thiocarbonyl (C=S) groups is 1. The van der Waals surface area contributed by atoms with Crippen LogP contribution in [0.5, 0.6) is 0 Å². The molecule has 3 heterocycles. The first kappa shape index (κ1) is 24.5. The van der Waals surface area contributed by atoms with Gasteiger partial charge in [-0.2, -0.15) is 0 Å². The number of ketones is 1. The number of hydrogen-bond donors (Lipinski definition) is 1. The Morgan fingerprint density at radius 1 is 0.972 bits per heavy atom. The lowest BCUT2D eigenvalue weighted by Crippen LogP contribution is -2.48. The molecule has 184 valence electrons. The molecule has 2 aromatic carbocycles. The number of thioether (sulfide) groups is 1. The van der Waals surface area contributed by atoms with Crippen LogP contribution in [0.3, 0.4) is 0 Å². The quantitative estimate of drug-likeness (QED) is 0.385. The molecule has 1 amide bonds. The molecular formula is C28H27N3O3S2. The number of amides is 1. The molecule has 36 heavy (non-hydrogen) atoms. The molecule has 1 saturated heterocycles. The van der Waals surface area contributed by atoms with E-state index in [4.69, 9.17) is 12.2 Å². The number of carbonyl (C=O) groups is 2. The van der Waals surface area contributed by atoms with Crippen molar-refractivity contribution in [3.05, 3.63) is 100.0 Å². The van der Waals surface area contributed by atoms with Crippen molar-refractivity contribution in [2.45, 2.75) is 31.1 Å². The Hall–Kier alpha value is -3.23. The smallest absolute Gasteiger partial charge is 0.250 e. The lowest BCUT2D eigenvalue weighted by molar-refractivity contribution is -0.115. The molecule has 0 aliphatic carbocycles. The molecular weight excluding hydrogens is 490 g/mol. The molecule has 5 rings (SSSR count). The fourth-order valence-electron chi connectivity index (χ4n) is 5.12. The van der Waals surface area contributed by atoms with E-state index in [0.717, 1.165) is 30.8 Å². The number of rotatable bonds is 5. The molecule has 2 bridgehead atoms. The fourth-order valence-corrected chi connectivity index (χ4v) is 6.51. The number of hydrogen-bond acceptors (Lipinski definition) is 5. The van der Waals surface area contributed by atoms with Gasteiger partial charge in [0.15, 0.2) is 5.78 Å². The van der Waals surface area contributed by atoms with Crippen LogP contribution in [0, 0.1) is 5.92 Å². The number of likely N-dealkylation sites (tertiary alicyclic amines) is 1. The van der Waals surface area contributed by atoms with Gasteiger partial charge in [-0.05, 0) is 55.2 Å². The van der Waals surface area contributed by atoms with Gasteiger partial charge in [-0.15, -0.1) is 0 Å². The number of aromatic nitrogens is 1. The average Bonchev–Trinajstić information content (AvgIpc) is 2.88. The van der Waals surface area contributed by atoms with Crippen molar-refractivity contribution < 1.29 is 9.59 Å². The predicted octanol–water partition coefficient (Wildman–Crippen LogP) is 4.87. The summed E-state index contributed by atoms with van der Waals surface area (Å²) in [6.07, 6.45) is 1.05. The second kappa shape index (κ2) is 10.4. The zero-order valence-electron chi connectivity index (χ0n) is 19.9. The van der Waals surface area contributed by atoms with E-state index in [-0.39, 0.29) is 23.2 Å². The van der Waals surface area contributed by atoms with Gasteiger partial charge in [-0.25, -0.2) is 0 Å². The maximum atomic E-state index is 13.4. The molecule has 0 unspecified atom stereocenters. The monoisotopic (exact) mass is 517 g/mol. The highest BCUT2D eigenvalue weighted by molar-refractivity contribution is 8.23. The zero-order chi connectivity index (χ0) is 25.2. The molecule has 2 aliphatic rings. The summed E-state index contributed by atoms with van der Waals surface area (Å²) in [5, 5.41) is 2.46. The van der Waals surface area contributed by atoms with Gasteiger partial charge >= 0.3 is 0 Å². The Morgan fingerprint density at radius 3 is 2.44 bits per heavy atom. The van der Waals surface area contributed by atoms with E-state index in [1.165, 1.54) is 18.7 Å². The Kier molecular flexibility index (Phi) is 7.07. The van der Waals surface area contributed by atoms with E-state index in [1.807, 2.05) is 47.0 Å². The first-order valence-electron chi connectivity index (χ1n) is 12.0. The summed E-state index contributed by atoms with van der Waals surface area (Å²) in [5.41, 5.74) is 3.24. The summed E-state index contributed by atoms with van der Waals surface area (Å²) in [6.45, 7) is 3.73. The van der Waals surface area contributed by atoms with Crippen LogP contribution in [0.4, 0.5) is 5.69 Å². The Bertz CT molecular complexity index is 1350. The Morgan fingerprint density at radius 2 is 1.72 bits per heavy atom. The number of nitrogens with one attached hydrogen (secondary N) is 1. The normalized spacial score (nSPS) is 19.2. The Balaban J connectivity index is 1.33. The molecule has 1 N–H and O–H groups in total. The van der Waals surface area contributed by atoms with Gasteiger partial charge in [0.05, 0.1) is 0 Å². The molecule has 0 saturated carbocycles. The van der Waals surface area contributed by atoms with Crippen LogP contribution in [0.1, 0.15) is 46.1 Å². The van der Waals surface area contributed by atoms with Crippen LogP contribution in [-0.4, -0.2) is 38.6 Å². The van der Waals surface area contributed by atoms with E-state index in [2.05, 4.69) is 10.2 Å². The summed E-state index contributed by atoms with van der Waals surface area (Å²) in [7, 11) is 0. The van der Waals surface area contributed by atoms with Gasteiger partial charge in [0.1, 0.15) is 9.57 Å². The summed E-state index contributed by atoms with van der Waals surface area (Å²) < 4.78 is 2.59. The van der Waals surface area contributed by atoms with E-state index in [0.29, 0.717) is 28.0 Å². The van der Waals surface area contributed by atoms with E-state index >= 15 is 0 Å². The Labute approximate surface area is 219 Å². The molecule has 3 aromatic rings. The van der Waals surface area contributed by atoms with Crippen molar-refractivity contribution in [3.63, 3.8) is 0 Å². The third kappa shape index (κ3) is 5.15. The maximum absolute atomic E-state index is 13.4. The summed E-state index contributed by atoms with van der Waals surface area (Å²) in [6, 6.07) is 22.0. The first-order valence-corrected chi connectivity index (χ1v) is 13.3. The topological polar surface area (TPSA) is 71.4 Å². The minimum Gasteiger partial charge on any atom is -0.356 e. The molecule has 6 nitrogen and oxygen atoms in total. The van der Waals surface area contributed by atoms with Crippen LogP contribution in [-0.2, 0) is 11.3 Å². The summed E-state index contributed by atoms with van der Waals surface area (Å²) >= 11 is 7.27. The lowest BCUT2D eigenvalue weighted by atomic mass is 9.83. The van der Waals surface area contributed by atoms with Crippen LogP contribution in [0.25, 0.3) is 0 Å². The van der Waals surface area contributed by atoms with Crippen molar-refractivity contribution in [1.29, 1.82) is 0 Å². The third-order valence-electron chi connectivity index (χ3n) is 6.86. The standard InChI is InChI=1S/C28H27N3O3S2/c1-18(32)20-10-12-23(13-11-20)29-27(34)26(21-6-3-2-4-7-21)36-28(35)30-15-19-14-22(17-30)24-8-5-9-25(33)31(24)16-19/h2-13,19,22,26H,14-17H2,1H3,(H,29,34)/t19-,22-,26-/m0/s1. The molecule has 0 radical (unpaired) electrons. The van der Waals surface area contributed by atoms with Crippen molar-refractivity contribution >= 4 is 45.7 Å². The second-order valence-electron chi connectivity index (χ2n) is 9.40. The minimum atomic E-state index is -0.525. The maximum Gasteiger partial charge on any atom is 0.250 e. The van der Waals surface area contributed by atoms with E-state index in [9.17, 15) is 14.4 Å². The predicted molar refractivity (Wildman–Crippen MR) is 148 cm³/mol. The highest BCUT2D eigenvalue weighted by Crippen LogP contribution is 2.39. The molecule has 3 atom stereocenters. The minimum absolute atomic E-state index is 0.0188. The van der Waals surface area contributed by atoms with Crippen molar-refractivity contribution in [2.75, 3.05) is 18.4 Å². The van der Waals surface area contributed by atoms with Gasteiger partial charge in [-0.3, -0.25) is 14.4 Å². The summed E-state index contributed by atoms with van der Waals surface area (Å²) in [5.74, 6) is 0.403. The van der Waals surface area contributed by atoms with Crippen LogP contribution < -0.4 is 10.9 Å². The van der Waals surface area contributed by atoms with E-state index < -0.39 is 5.25 Å². The molecule has 8 heteroatoms. The number of anilines is 1. The van der Waals surface area contributed by atoms with Crippen LogP contribution >= 0.6 is 24.0 Å². The number of carbonyl (C=O) groups excluding carboxylic acids is 2. The molecule has 2 aliphatic heterocycles. The fraction of sp³-hybridized carbons (Fsp3) is 0.286. The SMILES string of the molecule is CC(=O)c1ccc(NC(=O)[C@@H](SC(=S)N2C[C@@H]3C[C@@H](C2)c2cccc(=O)n2C3)c2ccccc2)cc1. The number of benzene rings is 2.